The van der Waals surface area contributed by atoms with Gasteiger partial charge in [-0.3, -0.25) is 4.79 Å². The number of benzene rings is 2. The fourth-order valence-electron chi connectivity index (χ4n) is 3.20. The van der Waals surface area contributed by atoms with Crippen LogP contribution in [0, 0.1) is 5.92 Å². The van der Waals surface area contributed by atoms with Crippen molar-refractivity contribution >= 4 is 5.91 Å². The number of hydrogen-bond acceptors (Lipinski definition) is 3. The number of rotatable bonds is 8. The minimum absolute atomic E-state index is 0.185. The van der Waals surface area contributed by atoms with Gasteiger partial charge in [-0.05, 0) is 36.5 Å². The van der Waals surface area contributed by atoms with Crippen LogP contribution < -0.4 is 4.74 Å². The smallest absolute Gasteiger partial charge is 0.225 e. The molecule has 2 aromatic carbocycles. The number of hydrogen-bond donors (Lipinski definition) is 0. The molecule has 0 unspecified atom stereocenters. The fourth-order valence-corrected chi connectivity index (χ4v) is 3.20. The number of nitrogens with zero attached hydrogens (tertiary/aromatic N) is 1. The Morgan fingerprint density at radius 1 is 0.962 bits per heavy atom. The molecule has 1 amide bonds. The van der Waals surface area contributed by atoms with E-state index < -0.39 is 0 Å². The van der Waals surface area contributed by atoms with Gasteiger partial charge in [-0.1, -0.05) is 48.5 Å². The summed E-state index contributed by atoms with van der Waals surface area (Å²) in [6.07, 6.45) is 2.46. The molecule has 4 heteroatoms. The van der Waals surface area contributed by atoms with Gasteiger partial charge in [-0.15, -0.1) is 0 Å². The minimum Gasteiger partial charge on any atom is -0.493 e. The molecule has 0 aliphatic carbocycles. The average Bonchev–Trinajstić information content (AvgIpc) is 2.70. The standard InChI is InChI=1S/C22H27NO3/c24-22(13-16-26-21-9-5-2-6-10-21)23-14-11-20(12-15-23)18-25-17-19-7-3-1-4-8-19/h1-10,20H,11-18H2. The van der Waals surface area contributed by atoms with E-state index in [9.17, 15) is 4.79 Å². The summed E-state index contributed by atoms with van der Waals surface area (Å²) in [5, 5.41) is 0. The summed E-state index contributed by atoms with van der Waals surface area (Å²) in [6, 6.07) is 19.9. The highest BCUT2D eigenvalue weighted by Crippen LogP contribution is 2.19. The number of amides is 1. The summed E-state index contributed by atoms with van der Waals surface area (Å²) < 4.78 is 11.5. The lowest BCUT2D eigenvalue weighted by molar-refractivity contribution is -0.133. The van der Waals surface area contributed by atoms with Gasteiger partial charge in [0.1, 0.15) is 5.75 Å². The van der Waals surface area contributed by atoms with Crippen molar-refractivity contribution in [3.8, 4) is 5.75 Å². The maximum Gasteiger partial charge on any atom is 0.225 e. The summed E-state index contributed by atoms with van der Waals surface area (Å²) in [7, 11) is 0. The molecular formula is C22H27NO3. The molecule has 0 atom stereocenters. The largest absolute Gasteiger partial charge is 0.493 e. The van der Waals surface area contributed by atoms with Crippen LogP contribution in [-0.2, 0) is 16.1 Å². The number of carbonyl (C=O) groups is 1. The second kappa shape index (κ2) is 9.97. The van der Waals surface area contributed by atoms with Crippen LogP contribution in [0.15, 0.2) is 60.7 Å². The van der Waals surface area contributed by atoms with Crippen molar-refractivity contribution in [1.29, 1.82) is 0 Å². The zero-order valence-electron chi connectivity index (χ0n) is 15.2. The molecule has 0 aromatic heterocycles. The Labute approximate surface area is 155 Å². The number of ether oxygens (including phenoxy) is 2. The topological polar surface area (TPSA) is 38.8 Å². The predicted molar refractivity (Wildman–Crippen MR) is 102 cm³/mol. The van der Waals surface area contributed by atoms with Crippen molar-refractivity contribution in [2.45, 2.75) is 25.9 Å². The normalized spacial score (nSPS) is 15.0. The third-order valence-electron chi connectivity index (χ3n) is 4.76. The highest BCUT2D eigenvalue weighted by atomic mass is 16.5. The summed E-state index contributed by atoms with van der Waals surface area (Å²) in [6.45, 7) is 3.51. The van der Waals surface area contributed by atoms with Crippen LogP contribution in [-0.4, -0.2) is 37.1 Å². The van der Waals surface area contributed by atoms with E-state index in [4.69, 9.17) is 9.47 Å². The van der Waals surface area contributed by atoms with E-state index in [0.717, 1.165) is 38.3 Å². The summed E-state index contributed by atoms with van der Waals surface area (Å²) in [4.78, 5) is 14.3. The number of piperidine rings is 1. The second-order valence-electron chi connectivity index (χ2n) is 6.74. The third kappa shape index (κ3) is 5.88. The van der Waals surface area contributed by atoms with Gasteiger partial charge in [0, 0.05) is 19.7 Å². The highest BCUT2D eigenvalue weighted by Gasteiger charge is 2.22. The van der Waals surface area contributed by atoms with E-state index in [0.29, 0.717) is 25.6 Å². The van der Waals surface area contributed by atoms with Crippen molar-refractivity contribution in [2.24, 2.45) is 5.92 Å². The molecule has 1 fully saturated rings. The van der Waals surface area contributed by atoms with E-state index in [-0.39, 0.29) is 5.91 Å². The first-order valence-electron chi connectivity index (χ1n) is 9.38. The molecule has 3 rings (SSSR count). The Kier molecular flexibility index (Phi) is 7.08. The number of para-hydroxylation sites is 1. The second-order valence-corrected chi connectivity index (χ2v) is 6.74. The molecule has 26 heavy (non-hydrogen) atoms. The summed E-state index contributed by atoms with van der Waals surface area (Å²) in [5.74, 6) is 1.54. The van der Waals surface area contributed by atoms with Crippen LogP contribution in [0.25, 0.3) is 0 Å². The van der Waals surface area contributed by atoms with Crippen molar-refractivity contribution in [3.63, 3.8) is 0 Å². The number of carbonyl (C=O) groups excluding carboxylic acids is 1. The van der Waals surface area contributed by atoms with Crippen LogP contribution in [0.1, 0.15) is 24.8 Å². The first kappa shape index (κ1) is 18.5. The zero-order valence-corrected chi connectivity index (χ0v) is 15.2. The van der Waals surface area contributed by atoms with Gasteiger partial charge < -0.3 is 14.4 Å². The minimum atomic E-state index is 0.185. The highest BCUT2D eigenvalue weighted by molar-refractivity contribution is 5.76. The monoisotopic (exact) mass is 353 g/mol. The molecule has 0 N–H and O–H groups in total. The van der Waals surface area contributed by atoms with E-state index in [2.05, 4.69) is 12.1 Å². The van der Waals surface area contributed by atoms with Crippen molar-refractivity contribution in [3.05, 3.63) is 66.2 Å². The molecular weight excluding hydrogens is 326 g/mol. The Hall–Kier alpha value is -2.33. The molecule has 1 aliphatic rings. The molecule has 138 valence electrons. The van der Waals surface area contributed by atoms with Crippen LogP contribution in [0.3, 0.4) is 0 Å². The predicted octanol–water partition coefficient (Wildman–Crippen LogP) is 3.91. The van der Waals surface area contributed by atoms with E-state index in [1.807, 2.05) is 53.4 Å². The van der Waals surface area contributed by atoms with Crippen LogP contribution in [0.2, 0.25) is 0 Å². The Bertz CT molecular complexity index is 652. The molecule has 0 radical (unpaired) electrons. The van der Waals surface area contributed by atoms with Crippen LogP contribution >= 0.6 is 0 Å². The maximum absolute atomic E-state index is 12.3. The quantitative estimate of drug-likeness (QED) is 0.722. The first-order valence-corrected chi connectivity index (χ1v) is 9.38. The first-order chi connectivity index (χ1) is 12.8. The molecule has 0 saturated carbocycles. The molecule has 1 saturated heterocycles. The lowest BCUT2D eigenvalue weighted by Gasteiger charge is -2.32. The van der Waals surface area contributed by atoms with Gasteiger partial charge in [-0.25, -0.2) is 0 Å². The lowest BCUT2D eigenvalue weighted by Crippen LogP contribution is -2.39. The number of likely N-dealkylation sites (tertiary alicyclic amines) is 1. The van der Waals surface area contributed by atoms with Crippen molar-refractivity contribution in [2.75, 3.05) is 26.3 Å². The van der Waals surface area contributed by atoms with E-state index in [1.165, 1.54) is 5.56 Å². The van der Waals surface area contributed by atoms with Crippen LogP contribution in [0.5, 0.6) is 5.75 Å². The van der Waals surface area contributed by atoms with Gasteiger partial charge >= 0.3 is 0 Å². The third-order valence-corrected chi connectivity index (χ3v) is 4.76. The molecule has 4 nitrogen and oxygen atoms in total. The Morgan fingerprint density at radius 2 is 1.62 bits per heavy atom. The molecule has 0 spiro atoms. The van der Waals surface area contributed by atoms with Crippen molar-refractivity contribution < 1.29 is 14.3 Å². The molecule has 1 heterocycles. The summed E-state index contributed by atoms with van der Waals surface area (Å²) in [5.41, 5.74) is 1.21. The summed E-state index contributed by atoms with van der Waals surface area (Å²) >= 11 is 0. The molecule has 0 bridgehead atoms. The Morgan fingerprint density at radius 3 is 2.31 bits per heavy atom. The van der Waals surface area contributed by atoms with Gasteiger partial charge in [0.25, 0.3) is 0 Å². The van der Waals surface area contributed by atoms with Crippen molar-refractivity contribution in [1.82, 2.24) is 4.90 Å². The van der Waals surface area contributed by atoms with Gasteiger partial charge in [0.15, 0.2) is 0 Å². The lowest BCUT2D eigenvalue weighted by atomic mass is 9.97. The fraction of sp³-hybridized carbons (Fsp3) is 0.409. The SMILES string of the molecule is O=C(CCOc1ccccc1)N1CCC(COCc2ccccc2)CC1. The average molecular weight is 353 g/mol. The van der Waals surface area contributed by atoms with Gasteiger partial charge in [-0.2, -0.15) is 0 Å². The molecule has 1 aliphatic heterocycles. The maximum atomic E-state index is 12.3. The van der Waals surface area contributed by atoms with Gasteiger partial charge in [0.05, 0.1) is 19.6 Å². The van der Waals surface area contributed by atoms with Gasteiger partial charge in [0.2, 0.25) is 5.91 Å². The van der Waals surface area contributed by atoms with Crippen LogP contribution in [0.4, 0.5) is 0 Å². The molecule has 2 aromatic rings. The van der Waals surface area contributed by atoms with E-state index >= 15 is 0 Å². The van der Waals surface area contributed by atoms with E-state index in [1.54, 1.807) is 0 Å². The zero-order chi connectivity index (χ0) is 18.0. The Balaban J connectivity index is 1.29.